The maximum atomic E-state index is 13.2. The number of amides is 4. The van der Waals surface area contributed by atoms with Crippen LogP contribution in [0.25, 0.3) is 0 Å². The van der Waals surface area contributed by atoms with Crippen molar-refractivity contribution in [1.29, 1.82) is 0 Å². The van der Waals surface area contributed by atoms with Crippen molar-refractivity contribution >= 4 is 74.7 Å². The molecule has 0 bridgehead atoms. The molecule has 326 valence electrons. The second kappa shape index (κ2) is 18.4. The maximum absolute atomic E-state index is 13.2. The van der Waals surface area contributed by atoms with E-state index in [9.17, 15) is 43.3 Å². The molecule has 0 aliphatic rings. The van der Waals surface area contributed by atoms with Crippen molar-refractivity contribution in [2.75, 3.05) is 21.3 Å². The number of rotatable bonds is 14. The molecule has 0 heterocycles. The average Bonchev–Trinajstić information content (AvgIpc) is 3.28. The zero-order valence-electron chi connectivity index (χ0n) is 32.9. The molecule has 16 nitrogen and oxygen atoms in total. The normalized spacial score (nSPS) is 11.8. The largest absolute Gasteiger partial charge is 0.379 e. The summed E-state index contributed by atoms with van der Waals surface area (Å²) in [5.41, 5.74) is 0.442. The van der Waals surface area contributed by atoms with Gasteiger partial charge in [-0.15, -0.1) is 0 Å². The molecule has 0 aliphatic heterocycles. The lowest BCUT2D eigenvalue weighted by atomic mass is 10.3. The maximum Gasteiger partial charge on any atom is 0.339 e. The molecule has 4 N–H and O–H groups in total. The molecule has 7 aromatic carbocycles. The highest BCUT2D eigenvalue weighted by Crippen LogP contribution is 2.30. The zero-order valence-corrected chi connectivity index (χ0v) is 36.1. The van der Waals surface area contributed by atoms with E-state index in [4.69, 9.17) is 8.37 Å². The highest BCUT2D eigenvalue weighted by molar-refractivity contribution is 7.92. The minimum Gasteiger partial charge on any atom is -0.379 e. The van der Waals surface area contributed by atoms with E-state index in [0.29, 0.717) is 0 Å². The van der Waals surface area contributed by atoms with Crippen molar-refractivity contribution in [3.05, 3.63) is 182 Å². The van der Waals surface area contributed by atoms with Crippen LogP contribution >= 0.6 is 0 Å². The highest BCUT2D eigenvalue weighted by Gasteiger charge is 2.25. The number of carbonyl (C=O) groups is 2. The van der Waals surface area contributed by atoms with Gasteiger partial charge in [-0.3, -0.25) is 0 Å². The third-order valence-corrected chi connectivity index (χ3v) is 15.1. The van der Waals surface area contributed by atoms with E-state index >= 15 is 0 Å². The van der Waals surface area contributed by atoms with Gasteiger partial charge in [0.05, 0.1) is 31.0 Å². The standard InChI is InChI=1S/C44H34N4O12S4/c49-43(47-39-18-7-9-20-41(39)61(51,52)35-12-3-1-4-13-35)45-31-22-26-33(27-23-31)59-63(55,56)37-16-11-17-38(30-37)64(57,58)60-34-28-24-32(25-29-34)46-44(50)48-40-19-8-10-21-42(40)62(53,54)36-14-5-2-6-15-36/h1-30H,(H2,45,47,49)(H2,46,48,50). The Morgan fingerprint density at radius 1 is 0.344 bits per heavy atom. The molecule has 64 heavy (non-hydrogen) atoms. The number of para-hydroxylation sites is 2. The fourth-order valence-electron chi connectivity index (χ4n) is 5.95. The molecule has 0 radical (unpaired) electrons. The summed E-state index contributed by atoms with van der Waals surface area (Å²) in [6.07, 6.45) is 0. The second-order valence-electron chi connectivity index (χ2n) is 13.4. The third-order valence-electron chi connectivity index (χ3n) is 8.98. The molecule has 0 unspecified atom stereocenters. The van der Waals surface area contributed by atoms with Gasteiger partial charge in [-0.2, -0.15) is 16.8 Å². The number of anilines is 4. The van der Waals surface area contributed by atoms with E-state index in [2.05, 4.69) is 21.3 Å². The van der Waals surface area contributed by atoms with Gasteiger partial charge in [-0.1, -0.05) is 66.7 Å². The first-order valence-corrected chi connectivity index (χ1v) is 24.4. The molecule has 0 fully saturated rings. The lowest BCUT2D eigenvalue weighted by Gasteiger charge is -2.13. The van der Waals surface area contributed by atoms with E-state index in [1.165, 1.54) is 115 Å². The number of sulfone groups is 2. The Morgan fingerprint density at radius 3 is 1.05 bits per heavy atom. The van der Waals surface area contributed by atoms with Gasteiger partial charge in [0.1, 0.15) is 21.3 Å². The summed E-state index contributed by atoms with van der Waals surface area (Å²) in [5, 5.41) is 10.1. The molecule has 0 saturated carbocycles. The van der Waals surface area contributed by atoms with Crippen molar-refractivity contribution in [2.24, 2.45) is 0 Å². The Morgan fingerprint density at radius 2 is 0.672 bits per heavy atom. The third kappa shape index (κ3) is 10.4. The molecular weight excluding hydrogens is 905 g/mol. The highest BCUT2D eigenvalue weighted by atomic mass is 32.2. The molecule has 7 aromatic rings. The summed E-state index contributed by atoms with van der Waals surface area (Å²) in [5.74, 6) is -0.364. The molecule has 4 amide bonds. The Hall–Kier alpha value is -7.52. The van der Waals surface area contributed by atoms with Gasteiger partial charge in [0.25, 0.3) is 0 Å². The van der Waals surface area contributed by atoms with Gasteiger partial charge in [-0.25, -0.2) is 26.4 Å². The quantitative estimate of drug-likeness (QED) is 0.0756. The Balaban J connectivity index is 0.953. The van der Waals surface area contributed by atoms with E-state index in [1.807, 2.05) is 0 Å². The molecular formula is C44H34N4O12S4. The van der Waals surface area contributed by atoms with Crippen molar-refractivity contribution in [1.82, 2.24) is 0 Å². The molecule has 0 aromatic heterocycles. The van der Waals surface area contributed by atoms with E-state index in [1.54, 1.807) is 48.5 Å². The van der Waals surface area contributed by atoms with Gasteiger partial charge < -0.3 is 29.6 Å². The van der Waals surface area contributed by atoms with Crippen LogP contribution in [-0.2, 0) is 39.9 Å². The van der Waals surface area contributed by atoms with E-state index < -0.39 is 61.8 Å². The fraction of sp³-hybridized carbons (Fsp3) is 0. The number of benzene rings is 7. The van der Waals surface area contributed by atoms with Crippen molar-refractivity contribution in [2.45, 2.75) is 29.4 Å². The van der Waals surface area contributed by atoms with Gasteiger partial charge in [0.15, 0.2) is 0 Å². The molecule has 0 saturated heterocycles. The minimum absolute atomic E-state index is 0.0258. The Bertz CT molecular complexity index is 3080. The molecule has 20 heteroatoms. The fourth-order valence-corrected chi connectivity index (χ4v) is 10.9. The zero-order chi connectivity index (χ0) is 45.5. The van der Waals surface area contributed by atoms with Gasteiger partial charge in [0, 0.05) is 11.4 Å². The first-order chi connectivity index (χ1) is 30.5. The smallest absolute Gasteiger partial charge is 0.339 e. The summed E-state index contributed by atoms with van der Waals surface area (Å²) < 4.78 is 116. The van der Waals surface area contributed by atoms with Crippen LogP contribution in [0.15, 0.2) is 211 Å². The van der Waals surface area contributed by atoms with Crippen LogP contribution < -0.4 is 29.6 Å². The van der Waals surface area contributed by atoms with Crippen molar-refractivity contribution in [3.63, 3.8) is 0 Å². The summed E-state index contributed by atoms with van der Waals surface area (Å²) in [7, 11) is -17.1. The number of urea groups is 2. The lowest BCUT2D eigenvalue weighted by molar-refractivity contribution is 0.261. The van der Waals surface area contributed by atoms with Crippen LogP contribution in [0.4, 0.5) is 32.3 Å². The van der Waals surface area contributed by atoms with Gasteiger partial charge >= 0.3 is 32.3 Å². The van der Waals surface area contributed by atoms with Crippen LogP contribution in [0.1, 0.15) is 0 Å². The first-order valence-electron chi connectivity index (χ1n) is 18.6. The number of hydrogen-bond donors (Lipinski definition) is 4. The summed E-state index contributed by atoms with van der Waals surface area (Å²) in [4.78, 5) is 24.5. The Labute approximate surface area is 368 Å². The summed E-state index contributed by atoms with van der Waals surface area (Å²) in [6.45, 7) is 0. The summed E-state index contributed by atoms with van der Waals surface area (Å²) in [6, 6.07) is 40.1. The monoisotopic (exact) mass is 938 g/mol. The number of carbonyl (C=O) groups excluding carboxylic acids is 2. The van der Waals surface area contributed by atoms with Crippen LogP contribution in [0.5, 0.6) is 11.5 Å². The Kier molecular flexibility index (Phi) is 12.8. The molecule has 0 atom stereocenters. The lowest BCUT2D eigenvalue weighted by Crippen LogP contribution is -2.21. The number of hydrogen-bond acceptors (Lipinski definition) is 12. The number of nitrogens with one attached hydrogen (secondary N) is 4. The van der Waals surface area contributed by atoms with E-state index in [0.717, 1.165) is 18.2 Å². The molecule has 7 rings (SSSR count). The SMILES string of the molecule is O=C(Nc1ccc(OS(=O)(=O)c2cccc(S(=O)(=O)Oc3ccc(NC(=O)Nc4ccccc4S(=O)(=O)c4ccccc4)cc3)c2)cc1)Nc1ccccc1S(=O)(=O)c1ccccc1. The van der Waals surface area contributed by atoms with Gasteiger partial charge in [-0.05, 0) is 115 Å². The van der Waals surface area contributed by atoms with Crippen molar-refractivity contribution < 1.29 is 51.6 Å². The van der Waals surface area contributed by atoms with E-state index in [-0.39, 0.29) is 53.8 Å². The topological polar surface area (TPSA) is 237 Å². The van der Waals surface area contributed by atoms with Crippen LogP contribution in [0, 0.1) is 0 Å². The van der Waals surface area contributed by atoms with Crippen LogP contribution in [0.2, 0.25) is 0 Å². The molecule has 0 spiro atoms. The van der Waals surface area contributed by atoms with Gasteiger partial charge in [0.2, 0.25) is 19.7 Å². The first kappa shape index (κ1) is 44.5. The average molecular weight is 939 g/mol. The summed E-state index contributed by atoms with van der Waals surface area (Å²) >= 11 is 0. The van der Waals surface area contributed by atoms with Crippen LogP contribution in [0.3, 0.4) is 0 Å². The predicted molar refractivity (Wildman–Crippen MR) is 237 cm³/mol. The van der Waals surface area contributed by atoms with Crippen molar-refractivity contribution in [3.8, 4) is 11.5 Å². The predicted octanol–water partition coefficient (Wildman–Crippen LogP) is 8.18. The second-order valence-corrected chi connectivity index (χ2v) is 20.3. The van der Waals surface area contributed by atoms with Crippen LogP contribution in [-0.4, -0.2) is 45.7 Å². The molecule has 0 aliphatic carbocycles. The minimum atomic E-state index is -4.61.